The van der Waals surface area contributed by atoms with Crippen molar-refractivity contribution in [2.24, 2.45) is 0 Å². The number of aryl methyl sites for hydroxylation is 1. The normalized spacial score (nSPS) is 10.4. The molecule has 4 nitrogen and oxygen atoms in total. The van der Waals surface area contributed by atoms with E-state index in [4.69, 9.17) is 0 Å². The van der Waals surface area contributed by atoms with E-state index in [0.29, 0.717) is 17.7 Å². The summed E-state index contributed by atoms with van der Waals surface area (Å²) in [6.07, 6.45) is -0.149. The molecule has 0 bridgehead atoms. The number of benzene rings is 2. The Hall–Kier alpha value is -2.63. The lowest BCUT2D eigenvalue weighted by Gasteiger charge is -2.06. The Labute approximate surface area is 119 Å². The molecule has 0 saturated heterocycles. The topological polar surface area (TPSA) is 60.2 Å². The van der Waals surface area contributed by atoms with Crippen molar-refractivity contribution in [1.29, 1.82) is 0 Å². The number of nitro groups is 1. The molecule has 0 amide bonds. The Bertz CT molecular complexity index is 729. The first kappa shape index (κ1) is 14.8. The minimum atomic E-state index is -1.31. The van der Waals surface area contributed by atoms with Crippen molar-refractivity contribution in [2.45, 2.75) is 13.3 Å². The van der Waals surface area contributed by atoms with Crippen LogP contribution in [0.15, 0.2) is 36.4 Å². The summed E-state index contributed by atoms with van der Waals surface area (Å²) >= 11 is 0. The number of rotatable bonds is 4. The van der Waals surface area contributed by atoms with Gasteiger partial charge in [-0.1, -0.05) is 24.3 Å². The van der Waals surface area contributed by atoms with E-state index >= 15 is 0 Å². The van der Waals surface area contributed by atoms with Gasteiger partial charge in [-0.15, -0.1) is 0 Å². The molecule has 0 atom stereocenters. The summed E-state index contributed by atoms with van der Waals surface area (Å²) in [7, 11) is 0. The second-order valence-electron chi connectivity index (χ2n) is 4.57. The minimum absolute atomic E-state index is 0.149. The van der Waals surface area contributed by atoms with Gasteiger partial charge in [-0.25, -0.2) is 4.39 Å². The largest absolute Gasteiger partial charge is 0.308 e. The molecule has 0 aromatic heterocycles. The molecule has 2 rings (SSSR count). The number of ketones is 1. The molecule has 21 heavy (non-hydrogen) atoms. The fraction of sp³-hybridized carbons (Fsp3) is 0.133. The molecule has 0 fully saturated rings. The van der Waals surface area contributed by atoms with Gasteiger partial charge in [-0.2, -0.15) is 4.39 Å². The van der Waals surface area contributed by atoms with Crippen LogP contribution in [0.1, 0.15) is 21.5 Å². The van der Waals surface area contributed by atoms with Gasteiger partial charge in [0.25, 0.3) is 0 Å². The SMILES string of the molecule is Cc1ccccc1CC(=O)c1cc(F)cc([N+](=O)[O-])c1F. The highest BCUT2D eigenvalue weighted by Gasteiger charge is 2.24. The number of halogens is 2. The van der Waals surface area contributed by atoms with Crippen LogP contribution in [0.5, 0.6) is 0 Å². The molecule has 0 unspecified atom stereocenters. The smallest absolute Gasteiger partial charge is 0.294 e. The third kappa shape index (κ3) is 3.10. The van der Waals surface area contributed by atoms with Crippen molar-refractivity contribution in [2.75, 3.05) is 0 Å². The van der Waals surface area contributed by atoms with Crippen LogP contribution in [0.2, 0.25) is 0 Å². The van der Waals surface area contributed by atoms with E-state index in [1.165, 1.54) is 0 Å². The van der Waals surface area contributed by atoms with E-state index in [0.717, 1.165) is 5.56 Å². The molecule has 0 aliphatic rings. The Balaban J connectivity index is 2.40. The average Bonchev–Trinajstić information content (AvgIpc) is 2.43. The second-order valence-corrected chi connectivity index (χ2v) is 4.57. The number of Topliss-reactive ketones (excluding diaryl/α,β-unsaturated/α-hetero) is 1. The molecule has 6 heteroatoms. The van der Waals surface area contributed by atoms with Crippen LogP contribution in [0.4, 0.5) is 14.5 Å². The quantitative estimate of drug-likeness (QED) is 0.491. The fourth-order valence-electron chi connectivity index (χ4n) is 1.99. The fourth-order valence-corrected chi connectivity index (χ4v) is 1.99. The lowest BCUT2D eigenvalue weighted by Crippen LogP contribution is -2.09. The van der Waals surface area contributed by atoms with E-state index in [9.17, 15) is 23.7 Å². The van der Waals surface area contributed by atoms with Gasteiger partial charge >= 0.3 is 5.69 Å². The molecule has 0 heterocycles. The van der Waals surface area contributed by atoms with Crippen molar-refractivity contribution in [3.05, 3.63) is 74.8 Å². The van der Waals surface area contributed by atoms with Crippen LogP contribution in [0.25, 0.3) is 0 Å². The Morgan fingerprint density at radius 2 is 1.90 bits per heavy atom. The third-order valence-corrected chi connectivity index (χ3v) is 3.13. The molecule has 0 N–H and O–H groups in total. The van der Waals surface area contributed by atoms with E-state index < -0.39 is 33.6 Å². The summed E-state index contributed by atoms with van der Waals surface area (Å²) in [6, 6.07) is 8.13. The molecule has 0 saturated carbocycles. The number of carbonyl (C=O) groups excluding carboxylic acids is 1. The zero-order valence-corrected chi connectivity index (χ0v) is 11.1. The van der Waals surface area contributed by atoms with Crippen LogP contribution in [-0.4, -0.2) is 10.7 Å². The van der Waals surface area contributed by atoms with Crippen LogP contribution < -0.4 is 0 Å². The maximum absolute atomic E-state index is 13.9. The van der Waals surface area contributed by atoms with Gasteiger partial charge in [-0.05, 0) is 24.1 Å². The molecule has 2 aromatic rings. The number of nitrogens with zero attached hydrogens (tertiary/aromatic N) is 1. The standard InChI is InChI=1S/C15H11F2NO3/c1-9-4-2-3-5-10(9)6-14(19)12-7-11(16)8-13(15(12)17)18(20)21/h2-5,7-8H,6H2,1H3. The van der Waals surface area contributed by atoms with Crippen LogP contribution in [-0.2, 0) is 6.42 Å². The molecular formula is C15H11F2NO3. The van der Waals surface area contributed by atoms with Gasteiger partial charge in [0.1, 0.15) is 5.82 Å². The van der Waals surface area contributed by atoms with Gasteiger partial charge in [0.05, 0.1) is 16.6 Å². The predicted octanol–water partition coefficient (Wildman–Crippen LogP) is 3.61. The highest BCUT2D eigenvalue weighted by Crippen LogP contribution is 2.24. The second kappa shape index (κ2) is 5.78. The lowest BCUT2D eigenvalue weighted by molar-refractivity contribution is -0.387. The monoisotopic (exact) mass is 291 g/mol. The van der Waals surface area contributed by atoms with Crippen LogP contribution in [0, 0.1) is 28.7 Å². The molecule has 108 valence electrons. The summed E-state index contributed by atoms with van der Waals surface area (Å²) in [6.45, 7) is 1.78. The zero-order valence-electron chi connectivity index (χ0n) is 11.1. The summed E-state index contributed by atoms with van der Waals surface area (Å²) in [5, 5.41) is 10.6. The number of hydrogen-bond acceptors (Lipinski definition) is 3. The van der Waals surface area contributed by atoms with Gasteiger partial charge < -0.3 is 0 Å². The first-order chi connectivity index (χ1) is 9.90. The summed E-state index contributed by atoms with van der Waals surface area (Å²) in [5.41, 5.74) is -0.154. The Morgan fingerprint density at radius 3 is 2.52 bits per heavy atom. The van der Waals surface area contributed by atoms with E-state index in [1.54, 1.807) is 31.2 Å². The third-order valence-electron chi connectivity index (χ3n) is 3.13. The van der Waals surface area contributed by atoms with Crippen molar-refractivity contribution >= 4 is 11.5 Å². The minimum Gasteiger partial charge on any atom is -0.294 e. The van der Waals surface area contributed by atoms with Crippen molar-refractivity contribution < 1.29 is 18.5 Å². The van der Waals surface area contributed by atoms with Gasteiger partial charge in [0.15, 0.2) is 5.78 Å². The number of carbonyl (C=O) groups is 1. The van der Waals surface area contributed by atoms with E-state index in [2.05, 4.69) is 0 Å². The predicted molar refractivity (Wildman–Crippen MR) is 72.2 cm³/mol. The molecular weight excluding hydrogens is 280 g/mol. The molecule has 2 aromatic carbocycles. The average molecular weight is 291 g/mol. The maximum Gasteiger partial charge on any atom is 0.308 e. The Kier molecular flexibility index (Phi) is 4.07. The summed E-state index contributed by atoms with van der Waals surface area (Å²) in [5.74, 6) is -3.03. The first-order valence-electron chi connectivity index (χ1n) is 6.11. The molecule has 0 radical (unpaired) electrons. The zero-order chi connectivity index (χ0) is 15.6. The maximum atomic E-state index is 13.9. The van der Waals surface area contributed by atoms with E-state index in [1.807, 2.05) is 0 Å². The first-order valence-corrected chi connectivity index (χ1v) is 6.11. The van der Waals surface area contributed by atoms with E-state index in [-0.39, 0.29) is 6.42 Å². The summed E-state index contributed by atoms with van der Waals surface area (Å²) in [4.78, 5) is 21.7. The van der Waals surface area contributed by atoms with Gasteiger partial charge in [-0.3, -0.25) is 14.9 Å². The van der Waals surface area contributed by atoms with Gasteiger partial charge in [0.2, 0.25) is 5.82 Å². The van der Waals surface area contributed by atoms with Crippen LogP contribution >= 0.6 is 0 Å². The molecule has 0 aliphatic carbocycles. The van der Waals surface area contributed by atoms with Gasteiger partial charge in [0, 0.05) is 6.42 Å². The number of nitro benzene ring substituents is 1. The Morgan fingerprint density at radius 1 is 1.24 bits per heavy atom. The highest BCUT2D eigenvalue weighted by atomic mass is 19.1. The number of hydrogen-bond donors (Lipinski definition) is 0. The molecule has 0 aliphatic heterocycles. The molecule has 0 spiro atoms. The van der Waals surface area contributed by atoms with Crippen molar-refractivity contribution in [1.82, 2.24) is 0 Å². The van der Waals surface area contributed by atoms with Crippen molar-refractivity contribution in [3.8, 4) is 0 Å². The lowest BCUT2D eigenvalue weighted by atomic mass is 9.99. The van der Waals surface area contributed by atoms with Crippen LogP contribution in [0.3, 0.4) is 0 Å². The highest BCUT2D eigenvalue weighted by molar-refractivity contribution is 5.98. The summed E-state index contributed by atoms with van der Waals surface area (Å²) < 4.78 is 27.3. The van der Waals surface area contributed by atoms with Crippen molar-refractivity contribution in [3.63, 3.8) is 0 Å².